The van der Waals surface area contributed by atoms with Gasteiger partial charge >= 0.3 is 0 Å². The van der Waals surface area contributed by atoms with Gasteiger partial charge in [0.05, 0.1) is 6.10 Å². The minimum absolute atomic E-state index is 0.0108. The molecular weight excluding hydrogens is 216 g/mol. The zero-order valence-corrected chi connectivity index (χ0v) is 11.3. The zero-order valence-electron chi connectivity index (χ0n) is 11.3. The molecule has 17 heavy (non-hydrogen) atoms. The van der Waals surface area contributed by atoms with Crippen LogP contribution in [0.1, 0.15) is 40.0 Å². The van der Waals surface area contributed by atoms with Gasteiger partial charge in [-0.15, -0.1) is 0 Å². The Kier molecular flexibility index (Phi) is 6.52. The third-order valence-corrected chi connectivity index (χ3v) is 2.97. The molecule has 4 nitrogen and oxygen atoms in total. The second-order valence-electron chi connectivity index (χ2n) is 5.36. The molecule has 4 heteroatoms. The Morgan fingerprint density at radius 3 is 2.59 bits per heavy atom. The molecule has 1 aliphatic heterocycles. The summed E-state index contributed by atoms with van der Waals surface area (Å²) in [6, 6.07) is 0.235. The van der Waals surface area contributed by atoms with Crippen LogP contribution in [0.3, 0.4) is 0 Å². The maximum Gasteiger partial charge on any atom is 0.246 e. The van der Waals surface area contributed by atoms with Crippen LogP contribution in [0, 0.1) is 5.92 Å². The first-order valence-electron chi connectivity index (χ1n) is 6.69. The number of rotatable bonds is 6. The van der Waals surface area contributed by atoms with Gasteiger partial charge in [0.15, 0.2) is 0 Å². The van der Waals surface area contributed by atoms with Crippen LogP contribution in [-0.2, 0) is 9.53 Å². The highest BCUT2D eigenvalue weighted by atomic mass is 16.5. The summed E-state index contributed by atoms with van der Waals surface area (Å²) in [6.45, 7) is 8.56. The molecule has 1 unspecified atom stereocenters. The standard InChI is InChI=1S/C13H26N2O2/c1-10(2)8-11(3)15-13(16)9-17-12-4-6-14-7-5-12/h10-12,14H,4-9H2,1-3H3,(H,15,16). The predicted molar refractivity (Wildman–Crippen MR) is 68.9 cm³/mol. The average molecular weight is 242 g/mol. The van der Waals surface area contributed by atoms with Gasteiger partial charge in [-0.05, 0) is 45.2 Å². The number of nitrogens with one attached hydrogen (secondary N) is 2. The van der Waals surface area contributed by atoms with Crippen molar-refractivity contribution in [2.24, 2.45) is 5.92 Å². The molecule has 1 fully saturated rings. The molecule has 1 atom stereocenters. The van der Waals surface area contributed by atoms with Crippen molar-refractivity contribution in [2.45, 2.75) is 52.2 Å². The van der Waals surface area contributed by atoms with Crippen molar-refractivity contribution >= 4 is 5.91 Å². The highest BCUT2D eigenvalue weighted by molar-refractivity contribution is 5.77. The average Bonchev–Trinajstić information content (AvgIpc) is 2.26. The summed E-state index contributed by atoms with van der Waals surface area (Å²) in [5.41, 5.74) is 0. The van der Waals surface area contributed by atoms with Crippen LogP contribution in [0.5, 0.6) is 0 Å². The Morgan fingerprint density at radius 2 is 2.00 bits per heavy atom. The number of ether oxygens (including phenoxy) is 1. The fraction of sp³-hybridized carbons (Fsp3) is 0.923. The molecule has 100 valence electrons. The van der Waals surface area contributed by atoms with E-state index in [2.05, 4.69) is 24.5 Å². The van der Waals surface area contributed by atoms with E-state index in [1.807, 2.05) is 6.92 Å². The third-order valence-electron chi connectivity index (χ3n) is 2.97. The van der Waals surface area contributed by atoms with Crippen molar-refractivity contribution in [1.82, 2.24) is 10.6 Å². The van der Waals surface area contributed by atoms with Gasteiger partial charge in [0.25, 0.3) is 0 Å². The first kappa shape index (κ1) is 14.5. The van der Waals surface area contributed by atoms with Gasteiger partial charge in [0.2, 0.25) is 5.91 Å². The lowest BCUT2D eigenvalue weighted by atomic mass is 10.1. The molecule has 2 N–H and O–H groups in total. The monoisotopic (exact) mass is 242 g/mol. The fourth-order valence-electron chi connectivity index (χ4n) is 2.24. The lowest BCUT2D eigenvalue weighted by Gasteiger charge is -2.23. The van der Waals surface area contributed by atoms with E-state index in [0.717, 1.165) is 32.4 Å². The van der Waals surface area contributed by atoms with Crippen molar-refractivity contribution in [1.29, 1.82) is 0 Å². The second-order valence-corrected chi connectivity index (χ2v) is 5.36. The summed E-state index contributed by atoms with van der Waals surface area (Å²) in [6.07, 6.45) is 3.28. The predicted octanol–water partition coefficient (Wildman–Crippen LogP) is 1.31. The summed E-state index contributed by atoms with van der Waals surface area (Å²) in [7, 11) is 0. The van der Waals surface area contributed by atoms with Gasteiger partial charge < -0.3 is 15.4 Å². The van der Waals surface area contributed by atoms with Gasteiger partial charge in [-0.25, -0.2) is 0 Å². The fourth-order valence-corrected chi connectivity index (χ4v) is 2.24. The molecule has 0 spiro atoms. The smallest absolute Gasteiger partial charge is 0.246 e. The van der Waals surface area contributed by atoms with E-state index >= 15 is 0 Å². The van der Waals surface area contributed by atoms with Gasteiger partial charge in [0, 0.05) is 6.04 Å². The number of amides is 1. The van der Waals surface area contributed by atoms with Gasteiger partial charge in [-0.1, -0.05) is 13.8 Å². The highest BCUT2D eigenvalue weighted by Gasteiger charge is 2.15. The van der Waals surface area contributed by atoms with Crippen molar-refractivity contribution in [3.05, 3.63) is 0 Å². The lowest BCUT2D eigenvalue weighted by molar-refractivity contribution is -0.128. The van der Waals surface area contributed by atoms with Crippen LogP contribution in [0.4, 0.5) is 0 Å². The Bertz CT molecular complexity index is 225. The van der Waals surface area contributed by atoms with E-state index in [9.17, 15) is 4.79 Å². The number of hydrogen-bond donors (Lipinski definition) is 2. The van der Waals surface area contributed by atoms with Crippen molar-refractivity contribution in [3.8, 4) is 0 Å². The zero-order chi connectivity index (χ0) is 12.7. The number of carbonyl (C=O) groups excluding carboxylic acids is 1. The van der Waals surface area contributed by atoms with Crippen molar-refractivity contribution in [2.75, 3.05) is 19.7 Å². The van der Waals surface area contributed by atoms with E-state index in [4.69, 9.17) is 4.74 Å². The minimum atomic E-state index is 0.0108. The van der Waals surface area contributed by atoms with Crippen LogP contribution in [-0.4, -0.2) is 37.7 Å². The van der Waals surface area contributed by atoms with E-state index < -0.39 is 0 Å². The summed E-state index contributed by atoms with van der Waals surface area (Å²) in [5.74, 6) is 0.618. The van der Waals surface area contributed by atoms with E-state index in [1.165, 1.54) is 0 Å². The lowest BCUT2D eigenvalue weighted by Crippen LogP contribution is -2.39. The molecule has 1 aliphatic rings. The number of carbonyl (C=O) groups is 1. The largest absolute Gasteiger partial charge is 0.368 e. The van der Waals surface area contributed by atoms with E-state index in [1.54, 1.807) is 0 Å². The minimum Gasteiger partial charge on any atom is -0.368 e. The molecule has 1 amide bonds. The van der Waals surface area contributed by atoms with Gasteiger partial charge in [0.1, 0.15) is 6.61 Å². The molecule has 0 radical (unpaired) electrons. The number of piperidine rings is 1. The van der Waals surface area contributed by atoms with Crippen molar-refractivity contribution < 1.29 is 9.53 Å². The first-order valence-corrected chi connectivity index (χ1v) is 6.69. The SMILES string of the molecule is CC(C)CC(C)NC(=O)COC1CCNCC1. The molecule has 0 aliphatic carbocycles. The Hall–Kier alpha value is -0.610. The Balaban J connectivity index is 2.11. The highest BCUT2D eigenvalue weighted by Crippen LogP contribution is 2.07. The van der Waals surface area contributed by atoms with Gasteiger partial charge in [-0.3, -0.25) is 4.79 Å². The third kappa shape index (κ3) is 6.64. The summed E-state index contributed by atoms with van der Waals surface area (Å²) >= 11 is 0. The quantitative estimate of drug-likeness (QED) is 0.738. The van der Waals surface area contributed by atoms with Gasteiger partial charge in [-0.2, -0.15) is 0 Å². The molecule has 0 aromatic carbocycles. The molecule has 1 rings (SSSR count). The maximum atomic E-state index is 11.6. The first-order chi connectivity index (χ1) is 8.08. The van der Waals surface area contributed by atoms with E-state index in [0.29, 0.717) is 5.92 Å². The topological polar surface area (TPSA) is 50.4 Å². The summed E-state index contributed by atoms with van der Waals surface area (Å²) in [5, 5.41) is 6.25. The number of hydrogen-bond acceptors (Lipinski definition) is 3. The molecule has 1 saturated heterocycles. The maximum absolute atomic E-state index is 11.6. The van der Waals surface area contributed by atoms with E-state index in [-0.39, 0.29) is 24.7 Å². The summed E-state index contributed by atoms with van der Waals surface area (Å²) < 4.78 is 5.60. The molecule has 0 aromatic rings. The van der Waals surface area contributed by atoms with Crippen LogP contribution in [0.25, 0.3) is 0 Å². The molecule has 0 aromatic heterocycles. The van der Waals surface area contributed by atoms with Crippen LogP contribution in [0.15, 0.2) is 0 Å². The molecule has 1 heterocycles. The molecule has 0 saturated carbocycles. The Morgan fingerprint density at radius 1 is 1.35 bits per heavy atom. The second kappa shape index (κ2) is 7.67. The van der Waals surface area contributed by atoms with Crippen LogP contribution >= 0.6 is 0 Å². The van der Waals surface area contributed by atoms with Crippen molar-refractivity contribution in [3.63, 3.8) is 0 Å². The summed E-state index contributed by atoms with van der Waals surface area (Å²) in [4.78, 5) is 11.6. The normalized spacial score (nSPS) is 19.3. The molecular formula is C13H26N2O2. The van der Waals surface area contributed by atoms with Crippen LogP contribution < -0.4 is 10.6 Å². The Labute approximate surface area is 104 Å². The van der Waals surface area contributed by atoms with Crippen LogP contribution in [0.2, 0.25) is 0 Å². The molecule has 0 bridgehead atoms.